The van der Waals surface area contributed by atoms with Crippen molar-refractivity contribution in [3.8, 4) is 11.5 Å². The number of amides is 1. The zero-order valence-electron chi connectivity index (χ0n) is 17.1. The lowest BCUT2D eigenvalue weighted by Crippen LogP contribution is -2.33. The molecule has 7 nitrogen and oxygen atoms in total. The smallest absolute Gasteiger partial charge is 0.232 e. The van der Waals surface area contributed by atoms with Crippen LogP contribution in [0, 0.1) is 6.92 Å². The molecule has 0 atom stereocenters. The normalized spacial score (nSPS) is 11.0. The van der Waals surface area contributed by atoms with Gasteiger partial charge < -0.3 is 14.8 Å². The molecule has 2 aromatic rings. The third-order valence-electron chi connectivity index (χ3n) is 4.21. The van der Waals surface area contributed by atoms with Crippen molar-refractivity contribution < 1.29 is 22.7 Å². The summed E-state index contributed by atoms with van der Waals surface area (Å²) in [6, 6.07) is 14.6. The van der Waals surface area contributed by atoms with Gasteiger partial charge in [0.25, 0.3) is 0 Å². The molecule has 0 unspecified atom stereocenters. The molecule has 0 saturated heterocycles. The summed E-state index contributed by atoms with van der Waals surface area (Å²) in [5, 5.41) is 2.78. The van der Waals surface area contributed by atoms with E-state index in [1.165, 1.54) is 10.6 Å². The lowest BCUT2D eigenvalue weighted by Gasteiger charge is -2.22. The minimum absolute atomic E-state index is 0.147. The van der Waals surface area contributed by atoms with Gasteiger partial charge in [-0.2, -0.15) is 0 Å². The Morgan fingerprint density at radius 2 is 1.83 bits per heavy atom. The Balaban J connectivity index is 1.76. The lowest BCUT2D eigenvalue weighted by atomic mass is 10.2. The van der Waals surface area contributed by atoms with E-state index in [0.29, 0.717) is 36.8 Å². The van der Waals surface area contributed by atoms with E-state index in [4.69, 9.17) is 9.47 Å². The minimum Gasteiger partial charge on any atom is -0.493 e. The van der Waals surface area contributed by atoms with E-state index in [1.54, 1.807) is 25.3 Å². The van der Waals surface area contributed by atoms with Gasteiger partial charge in [0.2, 0.25) is 15.9 Å². The second kappa shape index (κ2) is 10.7. The minimum atomic E-state index is -3.42. The molecule has 0 aliphatic carbocycles. The second-order valence-electron chi connectivity index (χ2n) is 6.63. The summed E-state index contributed by atoms with van der Waals surface area (Å²) >= 11 is 0. The van der Waals surface area contributed by atoms with E-state index in [9.17, 15) is 13.2 Å². The molecular weight excluding hydrogens is 392 g/mol. The summed E-state index contributed by atoms with van der Waals surface area (Å²) in [5.41, 5.74) is 1.59. The molecule has 0 fully saturated rings. The molecule has 29 heavy (non-hydrogen) atoms. The van der Waals surface area contributed by atoms with Gasteiger partial charge in [0.1, 0.15) is 6.61 Å². The number of carbonyl (C=O) groups is 1. The number of nitrogens with one attached hydrogen (secondary N) is 1. The SMILES string of the molecule is COc1ccccc1OCCNC(=O)CCCN(c1cccc(C)c1)S(C)(=O)=O. The number of anilines is 1. The van der Waals surface area contributed by atoms with E-state index >= 15 is 0 Å². The Bertz CT molecular complexity index is 915. The molecular formula is C21H28N2O5S. The molecule has 0 spiro atoms. The van der Waals surface area contributed by atoms with E-state index in [1.807, 2.05) is 37.3 Å². The highest BCUT2D eigenvalue weighted by Gasteiger charge is 2.17. The van der Waals surface area contributed by atoms with Crippen LogP contribution in [0.15, 0.2) is 48.5 Å². The van der Waals surface area contributed by atoms with Gasteiger partial charge in [-0.15, -0.1) is 0 Å². The molecule has 0 saturated carbocycles. The van der Waals surface area contributed by atoms with Crippen molar-refractivity contribution in [3.05, 3.63) is 54.1 Å². The van der Waals surface area contributed by atoms with Gasteiger partial charge in [-0.1, -0.05) is 24.3 Å². The third kappa shape index (κ3) is 7.30. The van der Waals surface area contributed by atoms with Crippen LogP contribution >= 0.6 is 0 Å². The first-order valence-corrected chi connectivity index (χ1v) is 11.2. The van der Waals surface area contributed by atoms with Gasteiger partial charge in [0.05, 0.1) is 25.6 Å². The molecule has 2 aromatic carbocycles. The molecule has 1 N–H and O–H groups in total. The van der Waals surface area contributed by atoms with Crippen LogP contribution in [0.5, 0.6) is 11.5 Å². The van der Waals surface area contributed by atoms with Crippen LogP contribution in [0.25, 0.3) is 0 Å². The van der Waals surface area contributed by atoms with Crippen molar-refractivity contribution in [1.82, 2.24) is 5.32 Å². The van der Waals surface area contributed by atoms with Crippen LogP contribution in [0.1, 0.15) is 18.4 Å². The number of methoxy groups -OCH3 is 1. The maximum atomic E-state index is 12.1. The average Bonchev–Trinajstić information content (AvgIpc) is 2.68. The fraction of sp³-hybridized carbons (Fsp3) is 0.381. The lowest BCUT2D eigenvalue weighted by molar-refractivity contribution is -0.121. The largest absolute Gasteiger partial charge is 0.493 e. The quantitative estimate of drug-likeness (QED) is 0.565. The standard InChI is InChI=1S/C21H28N2O5S/c1-17-8-6-9-18(16-17)23(29(3,25)26)14-7-12-21(24)22-13-15-28-20-11-5-4-10-19(20)27-2/h4-6,8-11,16H,7,12-15H2,1-3H3,(H,22,24). The van der Waals surface area contributed by atoms with Crippen LogP contribution < -0.4 is 19.1 Å². The molecule has 0 bridgehead atoms. The highest BCUT2D eigenvalue weighted by molar-refractivity contribution is 7.92. The fourth-order valence-electron chi connectivity index (χ4n) is 2.83. The molecule has 0 heterocycles. The van der Waals surface area contributed by atoms with Crippen molar-refractivity contribution in [1.29, 1.82) is 0 Å². The zero-order valence-corrected chi connectivity index (χ0v) is 17.9. The van der Waals surface area contributed by atoms with Crippen molar-refractivity contribution in [2.75, 3.05) is 37.4 Å². The summed E-state index contributed by atoms with van der Waals surface area (Å²) in [4.78, 5) is 12.0. The molecule has 0 aromatic heterocycles. The second-order valence-corrected chi connectivity index (χ2v) is 8.53. The first kappa shape index (κ1) is 22.5. The number of hydrogen-bond donors (Lipinski definition) is 1. The highest BCUT2D eigenvalue weighted by Crippen LogP contribution is 2.25. The first-order chi connectivity index (χ1) is 13.8. The summed E-state index contributed by atoms with van der Waals surface area (Å²) in [5.74, 6) is 1.10. The Hall–Kier alpha value is -2.74. The van der Waals surface area contributed by atoms with Crippen molar-refractivity contribution in [2.45, 2.75) is 19.8 Å². The predicted molar refractivity (Wildman–Crippen MR) is 114 cm³/mol. The number of hydrogen-bond acceptors (Lipinski definition) is 5. The summed E-state index contributed by atoms with van der Waals surface area (Å²) < 4.78 is 36.4. The van der Waals surface area contributed by atoms with Crippen molar-refractivity contribution >= 4 is 21.6 Å². The molecule has 0 aliphatic heterocycles. The Morgan fingerprint density at radius 3 is 2.48 bits per heavy atom. The molecule has 0 radical (unpaired) electrons. The van der Waals surface area contributed by atoms with Gasteiger partial charge >= 0.3 is 0 Å². The zero-order chi connectivity index (χ0) is 21.3. The highest BCUT2D eigenvalue weighted by atomic mass is 32.2. The number of benzene rings is 2. The first-order valence-electron chi connectivity index (χ1n) is 9.38. The topological polar surface area (TPSA) is 84.9 Å². The molecule has 2 rings (SSSR count). The van der Waals surface area contributed by atoms with Crippen LogP contribution in [-0.4, -0.2) is 47.4 Å². The third-order valence-corrected chi connectivity index (χ3v) is 5.40. The number of aryl methyl sites for hydroxylation is 1. The van der Waals surface area contributed by atoms with Gasteiger partial charge in [-0.05, 0) is 43.2 Å². The maximum Gasteiger partial charge on any atom is 0.232 e. The van der Waals surface area contributed by atoms with Crippen LogP contribution in [0.2, 0.25) is 0 Å². The number of rotatable bonds is 11. The molecule has 8 heteroatoms. The Labute approximate surface area is 172 Å². The fourth-order valence-corrected chi connectivity index (χ4v) is 3.79. The van der Waals surface area contributed by atoms with E-state index < -0.39 is 10.0 Å². The monoisotopic (exact) mass is 420 g/mol. The van der Waals surface area contributed by atoms with Crippen LogP contribution in [0.3, 0.4) is 0 Å². The number of carbonyl (C=O) groups excluding carboxylic acids is 1. The Kier molecular flexibility index (Phi) is 8.33. The van der Waals surface area contributed by atoms with Gasteiger partial charge in [0, 0.05) is 13.0 Å². The van der Waals surface area contributed by atoms with Gasteiger partial charge in [-0.25, -0.2) is 8.42 Å². The van der Waals surface area contributed by atoms with Crippen LogP contribution in [-0.2, 0) is 14.8 Å². The number of nitrogens with zero attached hydrogens (tertiary/aromatic N) is 1. The molecule has 1 amide bonds. The molecule has 0 aliphatic rings. The Morgan fingerprint density at radius 1 is 1.10 bits per heavy atom. The number of sulfonamides is 1. The maximum absolute atomic E-state index is 12.1. The summed E-state index contributed by atoms with van der Waals surface area (Å²) in [6.45, 7) is 2.81. The van der Waals surface area contributed by atoms with Crippen LogP contribution in [0.4, 0.5) is 5.69 Å². The predicted octanol–water partition coefficient (Wildman–Crippen LogP) is 2.75. The number of ether oxygens (including phenoxy) is 2. The number of para-hydroxylation sites is 2. The summed E-state index contributed by atoms with van der Waals surface area (Å²) in [6.07, 6.45) is 1.82. The van der Waals surface area contributed by atoms with E-state index in [-0.39, 0.29) is 18.9 Å². The van der Waals surface area contributed by atoms with Gasteiger partial charge in [-0.3, -0.25) is 9.10 Å². The van der Waals surface area contributed by atoms with Gasteiger partial charge in [0.15, 0.2) is 11.5 Å². The average molecular weight is 421 g/mol. The summed E-state index contributed by atoms with van der Waals surface area (Å²) in [7, 11) is -1.85. The van der Waals surface area contributed by atoms with E-state index in [0.717, 1.165) is 5.56 Å². The van der Waals surface area contributed by atoms with E-state index in [2.05, 4.69) is 5.32 Å². The van der Waals surface area contributed by atoms with Crippen molar-refractivity contribution in [3.63, 3.8) is 0 Å². The molecule has 158 valence electrons. The van der Waals surface area contributed by atoms with Crippen molar-refractivity contribution in [2.24, 2.45) is 0 Å².